The highest BCUT2D eigenvalue weighted by atomic mass is 32.2. The van der Waals surface area contributed by atoms with E-state index in [1.54, 1.807) is 26.0 Å². The van der Waals surface area contributed by atoms with Gasteiger partial charge in [0.1, 0.15) is 0 Å². The number of nitrogens with two attached hydrogens (primary N) is 1. The van der Waals surface area contributed by atoms with E-state index in [9.17, 15) is 18.0 Å². The summed E-state index contributed by atoms with van der Waals surface area (Å²) in [5, 5.41) is 0. The van der Waals surface area contributed by atoms with E-state index < -0.39 is 15.6 Å². The SMILES string of the molecule is Cc1cc(C)cc(S(=O)(=O)NC(C)(C)C(=O)CC2C3CC4CC2CC(C(N)=O)(C4)C3)c1. The summed E-state index contributed by atoms with van der Waals surface area (Å²) in [4.78, 5) is 25.6. The van der Waals surface area contributed by atoms with Crippen molar-refractivity contribution < 1.29 is 18.0 Å². The van der Waals surface area contributed by atoms with E-state index in [2.05, 4.69) is 4.72 Å². The number of primary amides is 1. The zero-order chi connectivity index (χ0) is 22.8. The van der Waals surface area contributed by atoms with Crippen LogP contribution in [0.5, 0.6) is 0 Å². The minimum absolute atomic E-state index is 0.0916. The Morgan fingerprint density at radius 1 is 1.06 bits per heavy atom. The monoisotopic (exact) mass is 446 g/mol. The van der Waals surface area contributed by atoms with Gasteiger partial charge in [-0.15, -0.1) is 0 Å². The molecule has 0 heterocycles. The summed E-state index contributed by atoms with van der Waals surface area (Å²) in [6.07, 6.45) is 4.91. The minimum Gasteiger partial charge on any atom is -0.369 e. The van der Waals surface area contributed by atoms with E-state index in [1.165, 1.54) is 0 Å². The van der Waals surface area contributed by atoms with Gasteiger partial charge in [0.15, 0.2) is 5.78 Å². The van der Waals surface area contributed by atoms with Gasteiger partial charge in [0, 0.05) is 11.8 Å². The predicted molar refractivity (Wildman–Crippen MR) is 119 cm³/mol. The Morgan fingerprint density at radius 2 is 1.61 bits per heavy atom. The van der Waals surface area contributed by atoms with Crippen molar-refractivity contribution >= 4 is 21.7 Å². The molecule has 0 aromatic heterocycles. The first-order valence-electron chi connectivity index (χ1n) is 11.3. The van der Waals surface area contributed by atoms with Crippen LogP contribution in [0.15, 0.2) is 23.1 Å². The lowest BCUT2D eigenvalue weighted by atomic mass is 9.45. The molecule has 7 heteroatoms. The number of aryl methyl sites for hydroxylation is 2. The highest BCUT2D eigenvalue weighted by molar-refractivity contribution is 7.89. The maximum absolute atomic E-state index is 13.3. The van der Waals surface area contributed by atoms with Crippen LogP contribution < -0.4 is 10.5 Å². The molecule has 0 spiro atoms. The molecule has 1 amide bonds. The molecule has 0 radical (unpaired) electrons. The molecule has 0 aliphatic heterocycles. The van der Waals surface area contributed by atoms with Gasteiger partial charge in [-0.2, -0.15) is 4.72 Å². The van der Waals surface area contributed by atoms with Crippen molar-refractivity contribution in [1.29, 1.82) is 0 Å². The van der Waals surface area contributed by atoms with Gasteiger partial charge in [0.05, 0.1) is 10.4 Å². The molecular formula is C24H34N2O4S. The Morgan fingerprint density at radius 3 is 2.13 bits per heavy atom. The molecule has 3 N–H and O–H groups in total. The van der Waals surface area contributed by atoms with Crippen molar-refractivity contribution in [2.75, 3.05) is 0 Å². The molecule has 5 rings (SSSR count). The third-order valence-electron chi connectivity index (χ3n) is 8.00. The summed E-state index contributed by atoms with van der Waals surface area (Å²) in [6.45, 7) is 7.01. The summed E-state index contributed by atoms with van der Waals surface area (Å²) >= 11 is 0. The fraction of sp³-hybridized carbons (Fsp3) is 0.667. The fourth-order valence-electron chi connectivity index (χ4n) is 6.77. The molecule has 2 atom stereocenters. The van der Waals surface area contributed by atoms with Crippen LogP contribution in [-0.4, -0.2) is 25.6 Å². The smallest absolute Gasteiger partial charge is 0.241 e. The number of carbonyl (C=O) groups excluding carboxylic acids is 2. The molecule has 2 unspecified atom stereocenters. The molecule has 4 bridgehead atoms. The second-order valence-corrected chi connectivity index (χ2v) is 12.6. The van der Waals surface area contributed by atoms with Crippen molar-refractivity contribution in [3.8, 4) is 0 Å². The lowest BCUT2D eigenvalue weighted by Crippen LogP contribution is -2.57. The van der Waals surface area contributed by atoms with Crippen LogP contribution in [0.2, 0.25) is 0 Å². The zero-order valence-corrected chi connectivity index (χ0v) is 19.7. The second kappa shape index (κ2) is 7.41. The molecule has 1 aromatic rings. The number of hydrogen-bond donors (Lipinski definition) is 2. The number of Topliss-reactive ketones (excluding diaryl/α,β-unsaturated/α-hetero) is 1. The van der Waals surface area contributed by atoms with Crippen molar-refractivity contribution in [2.24, 2.45) is 34.8 Å². The van der Waals surface area contributed by atoms with Crippen LogP contribution in [0.3, 0.4) is 0 Å². The molecule has 170 valence electrons. The molecule has 4 aliphatic carbocycles. The number of nitrogens with one attached hydrogen (secondary N) is 1. The number of rotatable bonds is 7. The topological polar surface area (TPSA) is 106 Å². The number of carbonyl (C=O) groups is 2. The molecule has 6 nitrogen and oxygen atoms in total. The van der Waals surface area contributed by atoms with Gasteiger partial charge < -0.3 is 5.73 Å². The average Bonchev–Trinajstić information content (AvgIpc) is 2.62. The van der Waals surface area contributed by atoms with Gasteiger partial charge in [-0.3, -0.25) is 9.59 Å². The summed E-state index contributed by atoms with van der Waals surface area (Å²) < 4.78 is 28.6. The number of amides is 1. The normalized spacial score (nSPS) is 32.3. The van der Waals surface area contributed by atoms with Crippen LogP contribution >= 0.6 is 0 Å². The quantitative estimate of drug-likeness (QED) is 0.670. The third kappa shape index (κ3) is 4.07. The summed E-state index contributed by atoms with van der Waals surface area (Å²) in [6, 6.07) is 5.16. The average molecular weight is 447 g/mol. The first-order valence-corrected chi connectivity index (χ1v) is 12.8. The lowest BCUT2D eigenvalue weighted by molar-refractivity contribution is -0.152. The van der Waals surface area contributed by atoms with E-state index in [0.29, 0.717) is 24.2 Å². The largest absolute Gasteiger partial charge is 0.369 e. The lowest BCUT2D eigenvalue weighted by Gasteiger charge is -2.59. The van der Waals surface area contributed by atoms with Crippen molar-refractivity contribution in [2.45, 2.75) is 76.7 Å². The Kier molecular flexibility index (Phi) is 5.37. The van der Waals surface area contributed by atoms with E-state index in [-0.39, 0.29) is 27.9 Å². The third-order valence-corrected chi connectivity index (χ3v) is 9.64. The first kappa shape index (κ1) is 22.5. The standard InChI is InChI=1S/C24H34N2O4S/c1-14-5-15(2)7-19(6-14)31(29,30)26-23(3,4)21(27)10-20-17-8-16-9-18(20)13-24(11-16,12-17)22(25)28/h5-7,16-18,20,26H,8-13H2,1-4H3,(H2,25,28). The number of benzene rings is 1. The molecule has 4 aliphatic rings. The molecule has 4 saturated carbocycles. The predicted octanol–water partition coefficient (Wildman–Crippen LogP) is 3.25. The molecular weight excluding hydrogens is 412 g/mol. The number of sulfonamides is 1. The van der Waals surface area contributed by atoms with Crippen LogP contribution in [0.1, 0.15) is 63.5 Å². The van der Waals surface area contributed by atoms with E-state index >= 15 is 0 Å². The highest BCUT2D eigenvalue weighted by Crippen LogP contribution is 2.62. The van der Waals surface area contributed by atoms with Crippen molar-refractivity contribution in [3.63, 3.8) is 0 Å². The van der Waals surface area contributed by atoms with Gasteiger partial charge in [0.25, 0.3) is 0 Å². The van der Waals surface area contributed by atoms with Crippen LogP contribution in [0.25, 0.3) is 0 Å². The fourth-order valence-corrected chi connectivity index (χ4v) is 8.36. The minimum atomic E-state index is -3.82. The summed E-state index contributed by atoms with van der Waals surface area (Å²) in [5.41, 5.74) is 5.92. The van der Waals surface area contributed by atoms with Crippen molar-refractivity contribution in [1.82, 2.24) is 4.72 Å². The zero-order valence-electron chi connectivity index (χ0n) is 18.9. The van der Waals surface area contributed by atoms with Gasteiger partial charge >= 0.3 is 0 Å². The Labute approximate surface area is 185 Å². The van der Waals surface area contributed by atoms with E-state index in [0.717, 1.165) is 43.2 Å². The molecule has 0 saturated heterocycles. The number of ketones is 1. The maximum atomic E-state index is 13.3. The van der Waals surface area contributed by atoms with E-state index in [4.69, 9.17) is 5.73 Å². The highest BCUT2D eigenvalue weighted by Gasteiger charge is 2.58. The Balaban J connectivity index is 1.49. The molecule has 4 fully saturated rings. The van der Waals surface area contributed by atoms with Gasteiger partial charge in [-0.05, 0) is 107 Å². The summed E-state index contributed by atoms with van der Waals surface area (Å²) in [7, 11) is -3.82. The first-order chi connectivity index (χ1) is 14.3. The van der Waals surface area contributed by atoms with Crippen LogP contribution in [0.4, 0.5) is 0 Å². The maximum Gasteiger partial charge on any atom is 0.241 e. The second-order valence-electron chi connectivity index (χ2n) is 11.0. The van der Waals surface area contributed by atoms with Gasteiger partial charge in [0.2, 0.25) is 15.9 Å². The van der Waals surface area contributed by atoms with Crippen molar-refractivity contribution in [3.05, 3.63) is 29.3 Å². The molecule has 31 heavy (non-hydrogen) atoms. The van der Waals surface area contributed by atoms with Gasteiger partial charge in [-0.1, -0.05) is 6.07 Å². The Bertz CT molecular complexity index is 994. The number of hydrogen-bond acceptors (Lipinski definition) is 4. The summed E-state index contributed by atoms with van der Waals surface area (Å²) in [5.74, 6) is 1.13. The van der Waals surface area contributed by atoms with E-state index in [1.807, 2.05) is 19.9 Å². The van der Waals surface area contributed by atoms with Crippen LogP contribution in [0, 0.1) is 42.9 Å². The Hall–Kier alpha value is -1.73. The molecule has 1 aromatic carbocycles. The van der Waals surface area contributed by atoms with Gasteiger partial charge in [-0.25, -0.2) is 8.42 Å². The van der Waals surface area contributed by atoms with Crippen LogP contribution in [-0.2, 0) is 19.6 Å².